The lowest BCUT2D eigenvalue weighted by atomic mass is 10.3. The minimum absolute atomic E-state index is 0.0838. The van der Waals surface area contributed by atoms with E-state index in [1.54, 1.807) is 17.2 Å². The van der Waals surface area contributed by atoms with Gasteiger partial charge in [-0.15, -0.1) is 0 Å². The maximum Gasteiger partial charge on any atom is 0.325 e. The van der Waals surface area contributed by atoms with Gasteiger partial charge in [0.05, 0.1) is 13.7 Å². The highest BCUT2D eigenvalue weighted by Gasteiger charge is 2.18. The number of anilines is 1. The number of aromatic nitrogens is 2. The molecule has 0 aromatic carbocycles. The van der Waals surface area contributed by atoms with Crippen molar-refractivity contribution in [1.29, 1.82) is 0 Å². The quantitative estimate of drug-likeness (QED) is 0.700. The van der Waals surface area contributed by atoms with Crippen LogP contribution < -0.4 is 9.64 Å². The molecule has 1 aromatic heterocycles. The molecule has 0 radical (unpaired) electrons. The summed E-state index contributed by atoms with van der Waals surface area (Å²) in [5.74, 6) is 0.661. The van der Waals surface area contributed by atoms with E-state index in [0.717, 1.165) is 6.42 Å². The second-order valence-corrected chi connectivity index (χ2v) is 4.34. The number of ether oxygens (including phenoxy) is 2. The van der Waals surface area contributed by atoms with Crippen LogP contribution in [0.4, 0.5) is 5.95 Å². The van der Waals surface area contributed by atoms with Gasteiger partial charge in [0, 0.05) is 18.3 Å². The molecule has 1 rings (SSSR count). The largest absolute Gasteiger partial charge is 0.478 e. The molecular formula is C13H21N3O3. The molecule has 0 aliphatic heterocycles. The highest BCUT2D eigenvalue weighted by Crippen LogP contribution is 2.15. The monoisotopic (exact) mass is 267 g/mol. The Bertz CT molecular complexity index is 410. The summed E-state index contributed by atoms with van der Waals surface area (Å²) < 4.78 is 10.1. The van der Waals surface area contributed by atoms with Gasteiger partial charge in [0.25, 0.3) is 0 Å². The molecule has 0 unspecified atom stereocenters. The molecule has 0 saturated heterocycles. The Morgan fingerprint density at radius 3 is 2.79 bits per heavy atom. The Balaban J connectivity index is 2.86. The summed E-state index contributed by atoms with van der Waals surface area (Å²) in [6.07, 6.45) is 2.54. The Hall–Kier alpha value is -1.85. The van der Waals surface area contributed by atoms with Gasteiger partial charge in [-0.3, -0.25) is 4.79 Å². The van der Waals surface area contributed by atoms with Crippen LogP contribution in [0, 0.1) is 0 Å². The SMILES string of the molecule is CCCOc1ccnc(N(CC(=O)OC)C(C)C)n1. The summed E-state index contributed by atoms with van der Waals surface area (Å²) in [4.78, 5) is 21.7. The van der Waals surface area contributed by atoms with Crippen molar-refractivity contribution in [3.8, 4) is 5.88 Å². The topological polar surface area (TPSA) is 64.5 Å². The standard InChI is InChI=1S/C13H21N3O3/c1-5-8-19-11-6-7-14-13(15-11)16(10(2)3)9-12(17)18-4/h6-7,10H,5,8-9H2,1-4H3. The second-order valence-electron chi connectivity index (χ2n) is 4.34. The van der Waals surface area contributed by atoms with Gasteiger partial charge in [-0.2, -0.15) is 4.98 Å². The number of hydrogen-bond acceptors (Lipinski definition) is 6. The Kier molecular flexibility index (Phi) is 6.05. The smallest absolute Gasteiger partial charge is 0.325 e. The first-order chi connectivity index (χ1) is 9.08. The van der Waals surface area contributed by atoms with E-state index in [1.165, 1.54) is 7.11 Å². The Morgan fingerprint density at radius 1 is 1.47 bits per heavy atom. The Morgan fingerprint density at radius 2 is 2.21 bits per heavy atom. The van der Waals surface area contributed by atoms with Crippen molar-refractivity contribution in [2.75, 3.05) is 25.2 Å². The predicted octanol–water partition coefficient (Wildman–Crippen LogP) is 1.65. The normalized spacial score (nSPS) is 10.4. The maximum absolute atomic E-state index is 11.4. The molecule has 0 atom stereocenters. The maximum atomic E-state index is 11.4. The van der Waals surface area contributed by atoms with E-state index in [-0.39, 0.29) is 18.6 Å². The number of hydrogen-bond donors (Lipinski definition) is 0. The third-order valence-electron chi connectivity index (χ3n) is 2.48. The van der Waals surface area contributed by atoms with Gasteiger partial charge < -0.3 is 14.4 Å². The molecule has 0 spiro atoms. The number of esters is 1. The van der Waals surface area contributed by atoms with Gasteiger partial charge in [0.15, 0.2) is 0 Å². The second kappa shape index (κ2) is 7.56. The number of carbonyl (C=O) groups is 1. The fourth-order valence-electron chi connectivity index (χ4n) is 1.45. The third-order valence-corrected chi connectivity index (χ3v) is 2.48. The zero-order valence-corrected chi connectivity index (χ0v) is 11.9. The average molecular weight is 267 g/mol. The summed E-state index contributed by atoms with van der Waals surface area (Å²) in [7, 11) is 1.36. The molecule has 0 amide bonds. The van der Waals surface area contributed by atoms with Crippen LogP contribution in [-0.2, 0) is 9.53 Å². The van der Waals surface area contributed by atoms with Crippen LogP contribution in [0.15, 0.2) is 12.3 Å². The number of rotatable bonds is 7. The number of carbonyl (C=O) groups excluding carboxylic acids is 1. The van der Waals surface area contributed by atoms with Gasteiger partial charge >= 0.3 is 5.97 Å². The van der Waals surface area contributed by atoms with E-state index in [1.807, 2.05) is 20.8 Å². The molecule has 0 fully saturated rings. The van der Waals surface area contributed by atoms with Crippen molar-refractivity contribution < 1.29 is 14.3 Å². The van der Waals surface area contributed by atoms with Crippen molar-refractivity contribution in [1.82, 2.24) is 9.97 Å². The summed E-state index contributed by atoms with van der Waals surface area (Å²) >= 11 is 0. The molecule has 1 aromatic rings. The molecule has 0 bridgehead atoms. The first kappa shape index (κ1) is 15.2. The highest BCUT2D eigenvalue weighted by molar-refractivity contribution is 5.74. The molecule has 6 nitrogen and oxygen atoms in total. The first-order valence-corrected chi connectivity index (χ1v) is 6.37. The highest BCUT2D eigenvalue weighted by atomic mass is 16.5. The summed E-state index contributed by atoms with van der Waals surface area (Å²) in [6, 6.07) is 1.79. The van der Waals surface area contributed by atoms with Gasteiger partial charge in [-0.25, -0.2) is 4.98 Å². The lowest BCUT2D eigenvalue weighted by Gasteiger charge is -2.25. The van der Waals surface area contributed by atoms with E-state index in [2.05, 4.69) is 14.7 Å². The van der Waals surface area contributed by atoms with E-state index < -0.39 is 0 Å². The first-order valence-electron chi connectivity index (χ1n) is 6.37. The summed E-state index contributed by atoms with van der Waals surface area (Å²) in [5.41, 5.74) is 0. The van der Waals surface area contributed by atoms with Crippen LogP contribution in [0.2, 0.25) is 0 Å². The average Bonchev–Trinajstić information content (AvgIpc) is 2.42. The lowest BCUT2D eigenvalue weighted by molar-refractivity contribution is -0.139. The predicted molar refractivity (Wildman–Crippen MR) is 72.3 cm³/mol. The summed E-state index contributed by atoms with van der Waals surface area (Å²) in [6.45, 7) is 6.68. The van der Waals surface area contributed by atoms with Crippen LogP contribution in [0.5, 0.6) is 5.88 Å². The van der Waals surface area contributed by atoms with E-state index in [9.17, 15) is 4.79 Å². The molecule has 106 valence electrons. The van der Waals surface area contributed by atoms with Crippen LogP contribution in [0.1, 0.15) is 27.2 Å². The van der Waals surface area contributed by atoms with Gasteiger partial charge in [0.1, 0.15) is 6.54 Å². The van der Waals surface area contributed by atoms with Crippen LogP contribution in [-0.4, -0.2) is 42.2 Å². The zero-order chi connectivity index (χ0) is 14.3. The fraction of sp³-hybridized carbons (Fsp3) is 0.615. The van der Waals surface area contributed by atoms with Gasteiger partial charge in [0.2, 0.25) is 11.8 Å². The van der Waals surface area contributed by atoms with Crippen LogP contribution in [0.3, 0.4) is 0 Å². The van der Waals surface area contributed by atoms with Gasteiger partial charge in [-0.05, 0) is 20.3 Å². The molecule has 0 aliphatic rings. The molecule has 0 aliphatic carbocycles. The van der Waals surface area contributed by atoms with E-state index in [4.69, 9.17) is 4.74 Å². The molecule has 1 heterocycles. The van der Waals surface area contributed by atoms with Crippen molar-refractivity contribution >= 4 is 11.9 Å². The molecule has 0 N–H and O–H groups in total. The molecule has 0 saturated carbocycles. The van der Waals surface area contributed by atoms with Crippen molar-refractivity contribution in [2.24, 2.45) is 0 Å². The number of nitrogens with zero attached hydrogens (tertiary/aromatic N) is 3. The fourth-order valence-corrected chi connectivity index (χ4v) is 1.45. The summed E-state index contributed by atoms with van der Waals surface area (Å²) in [5, 5.41) is 0. The minimum atomic E-state index is -0.322. The van der Waals surface area contributed by atoms with Crippen LogP contribution in [0.25, 0.3) is 0 Å². The van der Waals surface area contributed by atoms with E-state index >= 15 is 0 Å². The molecule has 19 heavy (non-hydrogen) atoms. The van der Waals surface area contributed by atoms with Crippen molar-refractivity contribution in [3.05, 3.63) is 12.3 Å². The lowest BCUT2D eigenvalue weighted by Crippen LogP contribution is -2.37. The third kappa shape index (κ3) is 4.73. The minimum Gasteiger partial charge on any atom is -0.478 e. The van der Waals surface area contributed by atoms with E-state index in [0.29, 0.717) is 18.4 Å². The van der Waals surface area contributed by atoms with Crippen molar-refractivity contribution in [3.63, 3.8) is 0 Å². The Labute approximate surface area is 113 Å². The number of methoxy groups -OCH3 is 1. The molecule has 6 heteroatoms. The zero-order valence-electron chi connectivity index (χ0n) is 11.9. The molecular weight excluding hydrogens is 246 g/mol. The van der Waals surface area contributed by atoms with Crippen molar-refractivity contribution in [2.45, 2.75) is 33.2 Å². The van der Waals surface area contributed by atoms with Crippen LogP contribution >= 0.6 is 0 Å². The van der Waals surface area contributed by atoms with Gasteiger partial charge in [-0.1, -0.05) is 6.92 Å².